The highest BCUT2D eigenvalue weighted by molar-refractivity contribution is 5.03. The summed E-state index contributed by atoms with van der Waals surface area (Å²) in [6.45, 7) is 3.46. The van der Waals surface area contributed by atoms with E-state index >= 15 is 0 Å². The van der Waals surface area contributed by atoms with Crippen molar-refractivity contribution < 1.29 is 0 Å². The van der Waals surface area contributed by atoms with Crippen molar-refractivity contribution in [2.75, 3.05) is 6.54 Å². The molecule has 2 rings (SSSR count). The Morgan fingerprint density at radius 2 is 2.40 bits per heavy atom. The van der Waals surface area contributed by atoms with E-state index in [9.17, 15) is 0 Å². The van der Waals surface area contributed by atoms with E-state index in [2.05, 4.69) is 12.2 Å². The second-order valence-electron chi connectivity index (χ2n) is 3.66. The first-order chi connectivity index (χ1) is 4.83. The van der Waals surface area contributed by atoms with E-state index in [0.717, 1.165) is 17.9 Å². The van der Waals surface area contributed by atoms with Gasteiger partial charge in [0.2, 0.25) is 0 Å². The molecule has 4 atom stereocenters. The molecule has 2 fully saturated rings. The molecular formula is C8H16N2. The molecule has 1 saturated heterocycles. The molecule has 1 saturated carbocycles. The van der Waals surface area contributed by atoms with Crippen LogP contribution in [0, 0.1) is 11.8 Å². The smallest absolute Gasteiger partial charge is 0.0111 e. The van der Waals surface area contributed by atoms with Crippen molar-refractivity contribution in [3.05, 3.63) is 0 Å². The number of hydrogen-bond acceptors (Lipinski definition) is 2. The molecule has 0 aromatic rings. The molecule has 58 valence electrons. The molecule has 1 heterocycles. The van der Waals surface area contributed by atoms with E-state index in [-0.39, 0.29) is 0 Å². The van der Waals surface area contributed by atoms with Gasteiger partial charge in [0.25, 0.3) is 0 Å². The van der Waals surface area contributed by atoms with Gasteiger partial charge in [-0.3, -0.25) is 0 Å². The maximum Gasteiger partial charge on any atom is 0.0111 e. The Balaban J connectivity index is 2.01. The van der Waals surface area contributed by atoms with Crippen LogP contribution >= 0.6 is 0 Å². The molecule has 0 amide bonds. The second kappa shape index (κ2) is 2.21. The zero-order valence-corrected chi connectivity index (χ0v) is 6.51. The highest BCUT2D eigenvalue weighted by Gasteiger charge is 2.46. The first kappa shape index (κ1) is 6.62. The summed E-state index contributed by atoms with van der Waals surface area (Å²) in [5, 5.41) is 3.52. The molecule has 1 aliphatic heterocycles. The van der Waals surface area contributed by atoms with Crippen LogP contribution in [0.5, 0.6) is 0 Å². The maximum atomic E-state index is 5.89. The lowest BCUT2D eigenvalue weighted by atomic mass is 9.68. The Morgan fingerprint density at radius 3 is 2.90 bits per heavy atom. The van der Waals surface area contributed by atoms with E-state index in [1.54, 1.807) is 0 Å². The Bertz CT molecular complexity index is 135. The van der Waals surface area contributed by atoms with Crippen LogP contribution in [-0.4, -0.2) is 18.6 Å². The van der Waals surface area contributed by atoms with Crippen molar-refractivity contribution in [3.8, 4) is 0 Å². The molecule has 2 heteroatoms. The number of hydrogen-bond donors (Lipinski definition) is 2. The Labute approximate surface area is 62.2 Å². The third kappa shape index (κ3) is 0.722. The van der Waals surface area contributed by atoms with Gasteiger partial charge in [0.1, 0.15) is 0 Å². The van der Waals surface area contributed by atoms with Gasteiger partial charge < -0.3 is 11.1 Å². The molecule has 0 radical (unpaired) electrons. The van der Waals surface area contributed by atoms with Crippen LogP contribution in [0.2, 0.25) is 0 Å². The SMILES string of the molecule is CC[C@H]1NC[C@H]2CC(N)[C@H]21. The first-order valence-electron chi connectivity index (χ1n) is 4.32. The minimum atomic E-state index is 0.505. The molecule has 0 spiro atoms. The van der Waals surface area contributed by atoms with Gasteiger partial charge >= 0.3 is 0 Å². The predicted molar refractivity (Wildman–Crippen MR) is 41.7 cm³/mol. The first-order valence-corrected chi connectivity index (χ1v) is 4.32. The lowest BCUT2D eigenvalue weighted by Crippen LogP contribution is -2.49. The summed E-state index contributed by atoms with van der Waals surface area (Å²) in [4.78, 5) is 0. The summed E-state index contributed by atoms with van der Waals surface area (Å²) in [7, 11) is 0. The van der Waals surface area contributed by atoms with E-state index in [0.29, 0.717) is 6.04 Å². The van der Waals surface area contributed by atoms with Gasteiger partial charge in [-0.2, -0.15) is 0 Å². The fourth-order valence-corrected chi connectivity index (χ4v) is 2.52. The highest BCUT2D eigenvalue weighted by Crippen LogP contribution is 2.40. The van der Waals surface area contributed by atoms with Crippen LogP contribution in [-0.2, 0) is 0 Å². The van der Waals surface area contributed by atoms with Gasteiger partial charge in [-0.1, -0.05) is 6.92 Å². The summed E-state index contributed by atoms with van der Waals surface area (Å²) in [6.07, 6.45) is 2.50. The Morgan fingerprint density at radius 1 is 1.60 bits per heavy atom. The van der Waals surface area contributed by atoms with E-state index in [4.69, 9.17) is 5.73 Å². The predicted octanol–water partition coefficient (Wildman–Crippen LogP) is 0.332. The fourth-order valence-electron chi connectivity index (χ4n) is 2.52. The average Bonchev–Trinajstić information content (AvgIpc) is 2.25. The van der Waals surface area contributed by atoms with Gasteiger partial charge in [0.05, 0.1) is 0 Å². The zero-order chi connectivity index (χ0) is 7.14. The third-order valence-corrected chi connectivity index (χ3v) is 3.16. The van der Waals surface area contributed by atoms with Crippen LogP contribution in [0.15, 0.2) is 0 Å². The molecule has 0 aromatic heterocycles. The normalized spacial score (nSPS) is 52.2. The molecule has 3 N–H and O–H groups in total. The Hall–Kier alpha value is -0.0800. The van der Waals surface area contributed by atoms with Gasteiger partial charge in [-0.15, -0.1) is 0 Å². The number of nitrogens with one attached hydrogen (secondary N) is 1. The summed E-state index contributed by atoms with van der Waals surface area (Å²) in [5.41, 5.74) is 5.89. The maximum absolute atomic E-state index is 5.89. The molecule has 1 unspecified atom stereocenters. The van der Waals surface area contributed by atoms with Crippen molar-refractivity contribution in [2.24, 2.45) is 17.6 Å². The lowest BCUT2D eigenvalue weighted by molar-refractivity contribution is 0.162. The van der Waals surface area contributed by atoms with Crippen molar-refractivity contribution >= 4 is 0 Å². The minimum absolute atomic E-state index is 0.505. The quantitative estimate of drug-likeness (QED) is 0.551. The van der Waals surface area contributed by atoms with Crippen LogP contribution in [0.1, 0.15) is 19.8 Å². The number of fused-ring (bicyclic) bond motifs is 1. The largest absolute Gasteiger partial charge is 0.327 e. The van der Waals surface area contributed by atoms with E-state index < -0.39 is 0 Å². The van der Waals surface area contributed by atoms with Gasteiger partial charge in [0, 0.05) is 12.1 Å². The van der Waals surface area contributed by atoms with Crippen LogP contribution in [0.3, 0.4) is 0 Å². The fraction of sp³-hybridized carbons (Fsp3) is 1.00. The van der Waals surface area contributed by atoms with Crippen molar-refractivity contribution in [1.29, 1.82) is 0 Å². The Kier molecular flexibility index (Phi) is 1.46. The van der Waals surface area contributed by atoms with Crippen molar-refractivity contribution in [1.82, 2.24) is 5.32 Å². The summed E-state index contributed by atoms with van der Waals surface area (Å²) < 4.78 is 0. The number of rotatable bonds is 1. The second-order valence-corrected chi connectivity index (χ2v) is 3.66. The molecule has 10 heavy (non-hydrogen) atoms. The highest BCUT2D eigenvalue weighted by atomic mass is 15.0. The standard InChI is InChI=1S/C8H16N2/c1-2-7-8-5(4-10-7)3-6(8)9/h5-8,10H,2-4,9H2,1H3/t5-,6?,7-,8+/m1/s1. The van der Waals surface area contributed by atoms with Crippen LogP contribution in [0.25, 0.3) is 0 Å². The molecule has 2 aliphatic rings. The molecule has 0 aromatic carbocycles. The van der Waals surface area contributed by atoms with Crippen molar-refractivity contribution in [3.63, 3.8) is 0 Å². The monoisotopic (exact) mass is 140 g/mol. The lowest BCUT2D eigenvalue weighted by Gasteiger charge is -2.39. The molecular weight excluding hydrogens is 124 g/mol. The molecule has 0 bridgehead atoms. The van der Waals surface area contributed by atoms with E-state index in [1.807, 2.05) is 0 Å². The summed E-state index contributed by atoms with van der Waals surface area (Å²) in [5.74, 6) is 1.73. The zero-order valence-electron chi connectivity index (χ0n) is 6.51. The van der Waals surface area contributed by atoms with Gasteiger partial charge in [0.15, 0.2) is 0 Å². The average molecular weight is 140 g/mol. The summed E-state index contributed by atoms with van der Waals surface area (Å²) >= 11 is 0. The molecule has 2 nitrogen and oxygen atoms in total. The van der Waals surface area contributed by atoms with Crippen LogP contribution in [0.4, 0.5) is 0 Å². The molecule has 1 aliphatic carbocycles. The summed E-state index contributed by atoms with van der Waals surface area (Å²) in [6, 6.07) is 1.23. The number of nitrogens with two attached hydrogens (primary N) is 1. The minimum Gasteiger partial charge on any atom is -0.327 e. The van der Waals surface area contributed by atoms with Crippen LogP contribution < -0.4 is 11.1 Å². The van der Waals surface area contributed by atoms with Gasteiger partial charge in [-0.05, 0) is 31.2 Å². The third-order valence-electron chi connectivity index (χ3n) is 3.16. The van der Waals surface area contributed by atoms with Gasteiger partial charge in [-0.25, -0.2) is 0 Å². The topological polar surface area (TPSA) is 38.0 Å². The van der Waals surface area contributed by atoms with E-state index in [1.165, 1.54) is 19.4 Å². The van der Waals surface area contributed by atoms with Crippen molar-refractivity contribution in [2.45, 2.75) is 31.8 Å².